The molecule has 0 aromatic rings. The number of isocyanates is 1. The molecule has 2 nitrogen and oxygen atoms in total. The average Bonchev–Trinajstić information content (AvgIpc) is 1.69. The Morgan fingerprint density at radius 1 is 1.86 bits per heavy atom. The summed E-state index contributed by atoms with van der Waals surface area (Å²) in [5.41, 5.74) is 2.45. The molecular weight excluding hydrogens is 90.1 g/mol. The van der Waals surface area contributed by atoms with Crippen molar-refractivity contribution in [2.45, 2.75) is 0 Å². The van der Waals surface area contributed by atoms with Gasteiger partial charge in [-0.25, -0.2) is 9.79 Å². The van der Waals surface area contributed by atoms with Crippen molar-refractivity contribution in [2.75, 3.05) is 6.54 Å². The molecule has 0 radical (unpaired) electrons. The van der Waals surface area contributed by atoms with Crippen LogP contribution in [0.25, 0.3) is 0 Å². The topological polar surface area (TPSA) is 29.4 Å². The number of aliphatic imine (C=N–C) groups is 1. The molecule has 0 unspecified atom stereocenters. The van der Waals surface area contributed by atoms with Crippen LogP contribution in [0, 0.1) is 0 Å². The van der Waals surface area contributed by atoms with Gasteiger partial charge in [-0.15, -0.1) is 5.73 Å². The van der Waals surface area contributed by atoms with Gasteiger partial charge in [-0.3, -0.25) is 0 Å². The fourth-order valence-corrected chi connectivity index (χ4v) is 0.147. The first-order valence-electron chi connectivity index (χ1n) is 1.79. The molecule has 0 aliphatic heterocycles. The second kappa shape index (κ2) is 4.90. The van der Waals surface area contributed by atoms with Crippen LogP contribution in [0.3, 0.4) is 0 Å². The van der Waals surface area contributed by atoms with Crippen LogP contribution >= 0.6 is 0 Å². The van der Waals surface area contributed by atoms with Crippen LogP contribution in [-0.4, -0.2) is 12.6 Å². The lowest BCUT2D eigenvalue weighted by Crippen LogP contribution is -1.64. The Morgan fingerprint density at radius 2 is 2.57 bits per heavy atom. The van der Waals surface area contributed by atoms with E-state index < -0.39 is 0 Å². The zero-order valence-corrected chi connectivity index (χ0v) is 3.85. The monoisotopic (exact) mass is 95.0 g/mol. The molecule has 2 heteroatoms. The summed E-state index contributed by atoms with van der Waals surface area (Å²) in [7, 11) is 0. The SMILES string of the molecule is C=C=CCN=C=O. The molecule has 0 heterocycles. The van der Waals surface area contributed by atoms with Gasteiger partial charge in [-0.05, 0) is 6.08 Å². The van der Waals surface area contributed by atoms with Gasteiger partial charge in [0.25, 0.3) is 0 Å². The van der Waals surface area contributed by atoms with Gasteiger partial charge >= 0.3 is 0 Å². The molecule has 0 atom stereocenters. The van der Waals surface area contributed by atoms with Crippen LogP contribution in [-0.2, 0) is 4.79 Å². The minimum Gasteiger partial charge on any atom is -0.211 e. The highest BCUT2D eigenvalue weighted by atomic mass is 16.1. The van der Waals surface area contributed by atoms with Crippen molar-refractivity contribution in [1.29, 1.82) is 0 Å². The summed E-state index contributed by atoms with van der Waals surface area (Å²) in [6.45, 7) is 3.60. The molecule has 0 amide bonds. The third-order valence-electron chi connectivity index (χ3n) is 0.391. The fraction of sp³-hybridized carbons (Fsp3) is 0.200. The summed E-state index contributed by atoms with van der Waals surface area (Å²) in [5, 5.41) is 0. The minimum atomic E-state index is 0.340. The molecule has 36 valence electrons. The number of hydrogen-bond acceptors (Lipinski definition) is 2. The van der Waals surface area contributed by atoms with E-state index in [1.54, 1.807) is 6.08 Å². The largest absolute Gasteiger partial charge is 0.235 e. The predicted molar refractivity (Wildman–Crippen MR) is 26.7 cm³/mol. The first-order chi connectivity index (χ1) is 3.41. The smallest absolute Gasteiger partial charge is 0.211 e. The summed E-state index contributed by atoms with van der Waals surface area (Å²) < 4.78 is 0. The lowest BCUT2D eigenvalue weighted by atomic mass is 10.6. The highest BCUT2D eigenvalue weighted by Gasteiger charge is 1.61. The van der Waals surface area contributed by atoms with Gasteiger partial charge in [0.15, 0.2) is 0 Å². The van der Waals surface area contributed by atoms with Gasteiger partial charge in [0.05, 0.1) is 6.54 Å². The fourth-order valence-electron chi connectivity index (χ4n) is 0.147. The number of rotatable bonds is 2. The molecule has 0 bridgehead atoms. The normalized spacial score (nSPS) is 5.71. The molecule has 0 aliphatic rings. The Hall–Kier alpha value is -1.10. The summed E-state index contributed by atoms with van der Waals surface area (Å²) in [6.07, 6.45) is 2.92. The van der Waals surface area contributed by atoms with Crippen molar-refractivity contribution in [3.05, 3.63) is 18.4 Å². The molecule has 0 fully saturated rings. The van der Waals surface area contributed by atoms with Crippen molar-refractivity contribution < 1.29 is 4.79 Å². The molecule has 7 heavy (non-hydrogen) atoms. The van der Waals surface area contributed by atoms with E-state index in [0.717, 1.165) is 0 Å². The average molecular weight is 95.1 g/mol. The van der Waals surface area contributed by atoms with E-state index in [0.29, 0.717) is 6.54 Å². The quantitative estimate of drug-likeness (QED) is 0.281. The van der Waals surface area contributed by atoms with Crippen molar-refractivity contribution in [1.82, 2.24) is 0 Å². The highest BCUT2D eigenvalue weighted by Crippen LogP contribution is 1.64. The summed E-state index contributed by atoms with van der Waals surface area (Å²) in [4.78, 5) is 12.5. The number of nitrogens with zero attached hydrogens (tertiary/aromatic N) is 1. The highest BCUT2D eigenvalue weighted by molar-refractivity contribution is 5.33. The Morgan fingerprint density at radius 3 is 3.00 bits per heavy atom. The summed E-state index contributed by atoms with van der Waals surface area (Å²) in [5.74, 6) is 0. The second-order valence-electron chi connectivity index (χ2n) is 0.840. The lowest BCUT2D eigenvalue weighted by Gasteiger charge is -1.64. The third-order valence-corrected chi connectivity index (χ3v) is 0.391. The van der Waals surface area contributed by atoms with Gasteiger partial charge in [-0.1, -0.05) is 6.58 Å². The van der Waals surface area contributed by atoms with Gasteiger partial charge in [-0.2, -0.15) is 0 Å². The maximum atomic E-state index is 9.32. The maximum absolute atomic E-state index is 9.32. The molecule has 0 aromatic heterocycles. The summed E-state index contributed by atoms with van der Waals surface area (Å²) >= 11 is 0. The first kappa shape index (κ1) is 5.90. The van der Waals surface area contributed by atoms with Crippen molar-refractivity contribution in [3.63, 3.8) is 0 Å². The second-order valence-corrected chi connectivity index (χ2v) is 0.840. The van der Waals surface area contributed by atoms with Crippen LogP contribution in [0.2, 0.25) is 0 Å². The number of hydrogen-bond donors (Lipinski definition) is 0. The third kappa shape index (κ3) is 4.90. The van der Waals surface area contributed by atoms with Gasteiger partial charge < -0.3 is 0 Å². The van der Waals surface area contributed by atoms with E-state index in [2.05, 4.69) is 17.3 Å². The van der Waals surface area contributed by atoms with Crippen LogP contribution in [0.1, 0.15) is 0 Å². The van der Waals surface area contributed by atoms with Gasteiger partial charge in [0, 0.05) is 0 Å². The van der Waals surface area contributed by atoms with Gasteiger partial charge in [0.1, 0.15) is 0 Å². The maximum Gasteiger partial charge on any atom is 0.235 e. The van der Waals surface area contributed by atoms with Crippen molar-refractivity contribution in [2.24, 2.45) is 4.99 Å². The van der Waals surface area contributed by atoms with Crippen LogP contribution < -0.4 is 0 Å². The number of carbonyl (C=O) groups excluding carboxylic acids is 1. The van der Waals surface area contributed by atoms with Crippen LogP contribution in [0.5, 0.6) is 0 Å². The van der Waals surface area contributed by atoms with E-state index in [1.165, 1.54) is 6.08 Å². The van der Waals surface area contributed by atoms with Crippen molar-refractivity contribution in [3.8, 4) is 0 Å². The van der Waals surface area contributed by atoms with Crippen LogP contribution in [0.15, 0.2) is 23.4 Å². The van der Waals surface area contributed by atoms with Crippen LogP contribution in [0.4, 0.5) is 0 Å². The van der Waals surface area contributed by atoms with Gasteiger partial charge in [0.2, 0.25) is 6.08 Å². The zero-order chi connectivity index (χ0) is 5.54. The Kier molecular flexibility index (Phi) is 4.13. The van der Waals surface area contributed by atoms with Crippen molar-refractivity contribution >= 4 is 6.08 Å². The lowest BCUT2D eigenvalue weighted by molar-refractivity contribution is 0.564. The Labute approximate surface area is 41.9 Å². The molecule has 0 N–H and O–H groups in total. The standard InChI is InChI=1S/C5H5NO/c1-2-3-4-6-5-7/h3H,1,4H2. The molecule has 0 aliphatic carbocycles. The van der Waals surface area contributed by atoms with E-state index in [9.17, 15) is 4.79 Å². The van der Waals surface area contributed by atoms with E-state index in [1.807, 2.05) is 0 Å². The summed E-state index contributed by atoms with van der Waals surface area (Å²) in [6, 6.07) is 0. The molecule has 0 aromatic carbocycles. The predicted octanol–water partition coefficient (Wildman–Crippen LogP) is 0.663. The molecule has 0 saturated heterocycles. The Balaban J connectivity index is 3.33. The van der Waals surface area contributed by atoms with E-state index in [4.69, 9.17) is 0 Å². The molecule has 0 rings (SSSR count). The molecule has 0 saturated carbocycles. The zero-order valence-electron chi connectivity index (χ0n) is 3.85. The molecular formula is C5H5NO. The first-order valence-corrected chi connectivity index (χ1v) is 1.79. The molecule has 0 spiro atoms. The minimum absolute atomic E-state index is 0.340. The van der Waals surface area contributed by atoms with E-state index >= 15 is 0 Å². The Bertz CT molecular complexity index is 111. The van der Waals surface area contributed by atoms with E-state index in [-0.39, 0.29) is 0 Å².